The molecule has 68 valence electrons. The molecule has 0 amide bonds. The van der Waals surface area contributed by atoms with Crippen LogP contribution in [0.5, 0.6) is 0 Å². The molecule has 1 aromatic rings. The molecule has 0 radical (unpaired) electrons. The number of hydrogen-bond donors (Lipinski definition) is 1. The molecule has 0 saturated heterocycles. The van der Waals surface area contributed by atoms with Gasteiger partial charge in [0, 0.05) is 19.5 Å². The molecule has 0 bridgehead atoms. The van der Waals surface area contributed by atoms with Crippen molar-refractivity contribution in [2.24, 2.45) is 7.05 Å². The van der Waals surface area contributed by atoms with Gasteiger partial charge in [-0.15, -0.1) is 0 Å². The molecule has 1 aromatic heterocycles. The molecule has 0 aromatic carbocycles. The Morgan fingerprint density at radius 2 is 2.42 bits per heavy atom. The number of likely N-dealkylation sites (N-methyl/N-ethyl adjacent to an activating group) is 1. The number of nitrogens with zero attached hydrogens (tertiary/aromatic N) is 3. The predicted molar refractivity (Wildman–Crippen MR) is 48.0 cm³/mol. The number of nitrogens with one attached hydrogen (secondary N) is 1. The number of aromatic nitrogens is 3. The standard InChI is InChI=1S/C8H16N4/c1-4-9-5-7(2)8-10-6-11-12(8)3/h6-7,9H,4-5H2,1-3H3. The van der Waals surface area contributed by atoms with E-state index >= 15 is 0 Å². The Morgan fingerprint density at radius 3 is 2.92 bits per heavy atom. The van der Waals surface area contributed by atoms with E-state index in [1.807, 2.05) is 11.7 Å². The van der Waals surface area contributed by atoms with E-state index in [1.54, 1.807) is 6.33 Å². The fourth-order valence-corrected chi connectivity index (χ4v) is 1.20. The van der Waals surface area contributed by atoms with E-state index in [-0.39, 0.29) is 0 Å². The van der Waals surface area contributed by atoms with Crippen LogP contribution in [0, 0.1) is 0 Å². The highest BCUT2D eigenvalue weighted by molar-refractivity contribution is 4.93. The topological polar surface area (TPSA) is 42.7 Å². The lowest BCUT2D eigenvalue weighted by Crippen LogP contribution is -2.21. The largest absolute Gasteiger partial charge is 0.316 e. The molecule has 0 saturated carbocycles. The highest BCUT2D eigenvalue weighted by Gasteiger charge is 2.09. The highest BCUT2D eigenvalue weighted by atomic mass is 15.3. The van der Waals surface area contributed by atoms with Crippen LogP contribution in [0.2, 0.25) is 0 Å². The normalized spacial score (nSPS) is 13.2. The molecule has 0 aliphatic heterocycles. The van der Waals surface area contributed by atoms with Crippen LogP contribution in [0.3, 0.4) is 0 Å². The van der Waals surface area contributed by atoms with Crippen LogP contribution in [-0.4, -0.2) is 27.9 Å². The summed E-state index contributed by atoms with van der Waals surface area (Å²) in [6.07, 6.45) is 1.60. The van der Waals surface area contributed by atoms with Crippen LogP contribution in [0.15, 0.2) is 6.33 Å². The number of aryl methyl sites for hydroxylation is 1. The van der Waals surface area contributed by atoms with Crippen molar-refractivity contribution < 1.29 is 0 Å². The van der Waals surface area contributed by atoms with Crippen LogP contribution in [0.1, 0.15) is 25.6 Å². The van der Waals surface area contributed by atoms with Crippen LogP contribution in [-0.2, 0) is 7.05 Å². The molecular formula is C8H16N4. The molecule has 4 nitrogen and oxygen atoms in total. The van der Waals surface area contributed by atoms with Crippen molar-refractivity contribution in [1.29, 1.82) is 0 Å². The molecule has 1 unspecified atom stereocenters. The van der Waals surface area contributed by atoms with Crippen molar-refractivity contribution in [3.8, 4) is 0 Å². The third kappa shape index (κ3) is 2.04. The molecule has 1 atom stereocenters. The van der Waals surface area contributed by atoms with Crippen molar-refractivity contribution in [2.45, 2.75) is 19.8 Å². The molecule has 0 aliphatic rings. The molecule has 12 heavy (non-hydrogen) atoms. The Labute approximate surface area is 73.0 Å². The number of rotatable bonds is 4. The van der Waals surface area contributed by atoms with Gasteiger partial charge in [-0.1, -0.05) is 13.8 Å². The maximum atomic E-state index is 4.18. The van der Waals surface area contributed by atoms with Crippen LogP contribution < -0.4 is 5.32 Å². The lowest BCUT2D eigenvalue weighted by molar-refractivity contribution is 0.572. The fraction of sp³-hybridized carbons (Fsp3) is 0.750. The van der Waals surface area contributed by atoms with E-state index in [4.69, 9.17) is 0 Å². The van der Waals surface area contributed by atoms with Gasteiger partial charge in [-0.3, -0.25) is 4.68 Å². The lowest BCUT2D eigenvalue weighted by Gasteiger charge is -2.09. The second-order valence-electron chi connectivity index (χ2n) is 2.95. The molecule has 0 spiro atoms. The summed E-state index contributed by atoms with van der Waals surface area (Å²) in [5.74, 6) is 1.47. The van der Waals surface area contributed by atoms with Gasteiger partial charge in [-0.05, 0) is 6.54 Å². The highest BCUT2D eigenvalue weighted by Crippen LogP contribution is 2.08. The van der Waals surface area contributed by atoms with Crippen molar-refractivity contribution in [2.75, 3.05) is 13.1 Å². The first-order chi connectivity index (χ1) is 5.75. The van der Waals surface area contributed by atoms with Crippen molar-refractivity contribution in [3.63, 3.8) is 0 Å². The van der Waals surface area contributed by atoms with E-state index in [0.29, 0.717) is 5.92 Å². The third-order valence-corrected chi connectivity index (χ3v) is 1.89. The first-order valence-corrected chi connectivity index (χ1v) is 4.30. The quantitative estimate of drug-likeness (QED) is 0.713. The Bertz CT molecular complexity index is 231. The maximum Gasteiger partial charge on any atom is 0.138 e. The average Bonchev–Trinajstić information content (AvgIpc) is 2.47. The second-order valence-corrected chi connectivity index (χ2v) is 2.95. The Hall–Kier alpha value is -0.900. The van der Waals surface area contributed by atoms with Crippen molar-refractivity contribution in [1.82, 2.24) is 20.1 Å². The summed E-state index contributed by atoms with van der Waals surface area (Å²) >= 11 is 0. The van der Waals surface area contributed by atoms with Crippen LogP contribution in [0.4, 0.5) is 0 Å². The first-order valence-electron chi connectivity index (χ1n) is 4.30. The molecular weight excluding hydrogens is 152 g/mol. The van der Waals surface area contributed by atoms with Gasteiger partial charge >= 0.3 is 0 Å². The molecule has 1 rings (SSSR count). The third-order valence-electron chi connectivity index (χ3n) is 1.89. The predicted octanol–water partition coefficient (Wildman–Crippen LogP) is 0.528. The second kappa shape index (κ2) is 4.21. The van der Waals surface area contributed by atoms with Crippen molar-refractivity contribution in [3.05, 3.63) is 12.2 Å². The summed E-state index contributed by atoms with van der Waals surface area (Å²) in [7, 11) is 1.92. The van der Waals surface area contributed by atoms with Crippen LogP contribution in [0.25, 0.3) is 0 Å². The fourth-order valence-electron chi connectivity index (χ4n) is 1.20. The Morgan fingerprint density at radius 1 is 1.67 bits per heavy atom. The molecule has 0 aliphatic carbocycles. The zero-order valence-electron chi connectivity index (χ0n) is 7.91. The minimum Gasteiger partial charge on any atom is -0.316 e. The minimum atomic E-state index is 0.428. The van der Waals surface area contributed by atoms with Gasteiger partial charge in [0.2, 0.25) is 0 Å². The summed E-state index contributed by atoms with van der Waals surface area (Å²) in [6, 6.07) is 0. The van der Waals surface area contributed by atoms with E-state index in [9.17, 15) is 0 Å². The summed E-state index contributed by atoms with van der Waals surface area (Å²) < 4.78 is 1.82. The molecule has 1 heterocycles. The van der Waals surface area contributed by atoms with Crippen molar-refractivity contribution >= 4 is 0 Å². The van der Waals surface area contributed by atoms with E-state index in [2.05, 4.69) is 29.2 Å². The van der Waals surface area contributed by atoms with Gasteiger partial charge in [-0.2, -0.15) is 5.10 Å². The first kappa shape index (κ1) is 9.19. The van der Waals surface area contributed by atoms with Gasteiger partial charge in [-0.25, -0.2) is 4.98 Å². The molecule has 1 N–H and O–H groups in total. The van der Waals surface area contributed by atoms with Gasteiger partial charge in [0.05, 0.1) is 0 Å². The maximum absolute atomic E-state index is 4.18. The van der Waals surface area contributed by atoms with Gasteiger partial charge in [0.25, 0.3) is 0 Å². The smallest absolute Gasteiger partial charge is 0.138 e. The molecule has 4 heteroatoms. The average molecular weight is 168 g/mol. The summed E-state index contributed by atoms with van der Waals surface area (Å²) in [6.45, 7) is 6.21. The zero-order chi connectivity index (χ0) is 8.97. The van der Waals surface area contributed by atoms with Crippen LogP contribution >= 0.6 is 0 Å². The SMILES string of the molecule is CCNCC(C)c1ncnn1C. The Kier molecular flexibility index (Phi) is 3.22. The van der Waals surface area contributed by atoms with E-state index in [0.717, 1.165) is 18.9 Å². The van der Waals surface area contributed by atoms with E-state index in [1.165, 1.54) is 0 Å². The van der Waals surface area contributed by atoms with Gasteiger partial charge < -0.3 is 5.32 Å². The monoisotopic (exact) mass is 168 g/mol. The lowest BCUT2D eigenvalue weighted by atomic mass is 10.1. The Balaban J connectivity index is 2.52. The summed E-state index contributed by atoms with van der Waals surface area (Å²) in [4.78, 5) is 4.18. The summed E-state index contributed by atoms with van der Waals surface area (Å²) in [5, 5.41) is 7.31. The van der Waals surface area contributed by atoms with Gasteiger partial charge in [0.15, 0.2) is 0 Å². The van der Waals surface area contributed by atoms with Gasteiger partial charge in [0.1, 0.15) is 12.2 Å². The van der Waals surface area contributed by atoms with E-state index < -0.39 is 0 Å². The summed E-state index contributed by atoms with van der Waals surface area (Å²) in [5.41, 5.74) is 0. The molecule has 0 fully saturated rings. The number of hydrogen-bond acceptors (Lipinski definition) is 3. The zero-order valence-corrected chi connectivity index (χ0v) is 7.91. The minimum absolute atomic E-state index is 0.428.